The van der Waals surface area contributed by atoms with Crippen LogP contribution in [0.25, 0.3) is 5.69 Å². The van der Waals surface area contributed by atoms with E-state index in [9.17, 15) is 9.59 Å². The van der Waals surface area contributed by atoms with Gasteiger partial charge >= 0.3 is 0 Å². The van der Waals surface area contributed by atoms with Gasteiger partial charge in [-0.3, -0.25) is 9.59 Å². The van der Waals surface area contributed by atoms with Crippen LogP contribution in [0.4, 0.5) is 0 Å². The molecular formula is C19H23N5O2. The summed E-state index contributed by atoms with van der Waals surface area (Å²) in [4.78, 5) is 32.6. The molecule has 3 heterocycles. The Morgan fingerprint density at radius 3 is 2.62 bits per heavy atom. The monoisotopic (exact) mass is 353 g/mol. The molecule has 26 heavy (non-hydrogen) atoms. The molecule has 0 atom stereocenters. The van der Waals surface area contributed by atoms with E-state index in [1.54, 1.807) is 11.0 Å². The molecule has 2 aliphatic rings. The van der Waals surface area contributed by atoms with Gasteiger partial charge in [-0.05, 0) is 49.9 Å². The zero-order valence-electron chi connectivity index (χ0n) is 15.0. The number of amides is 2. The van der Waals surface area contributed by atoms with Crippen molar-refractivity contribution in [2.45, 2.75) is 38.6 Å². The first-order valence-electron chi connectivity index (χ1n) is 9.18. The fraction of sp³-hybridized carbons (Fsp3) is 0.474. The fourth-order valence-corrected chi connectivity index (χ4v) is 4.00. The maximum atomic E-state index is 12.9. The summed E-state index contributed by atoms with van der Waals surface area (Å²) >= 11 is 0. The number of hydrogen-bond donors (Lipinski definition) is 0. The SMILES string of the molecule is Cc1cc(C(=O)N2CCC(N3CCCC3=O)CC2)ccc1-n1cncn1. The van der Waals surface area contributed by atoms with Crippen LogP contribution in [0, 0.1) is 6.92 Å². The first kappa shape index (κ1) is 16.8. The van der Waals surface area contributed by atoms with Crippen LogP contribution < -0.4 is 0 Å². The molecule has 1 aromatic heterocycles. The molecule has 2 aromatic rings. The summed E-state index contributed by atoms with van der Waals surface area (Å²) < 4.78 is 1.70. The molecule has 0 aliphatic carbocycles. The van der Waals surface area contributed by atoms with Crippen molar-refractivity contribution >= 4 is 11.8 Å². The molecular weight excluding hydrogens is 330 g/mol. The van der Waals surface area contributed by atoms with Crippen molar-refractivity contribution < 1.29 is 9.59 Å². The first-order chi connectivity index (χ1) is 12.6. The van der Waals surface area contributed by atoms with Crippen molar-refractivity contribution in [3.05, 3.63) is 42.0 Å². The third-order valence-electron chi connectivity index (χ3n) is 5.41. The average molecular weight is 353 g/mol. The number of piperidine rings is 1. The Labute approximate surface area is 152 Å². The Balaban J connectivity index is 1.42. The van der Waals surface area contributed by atoms with Crippen LogP contribution in [-0.4, -0.2) is 62.1 Å². The van der Waals surface area contributed by atoms with Gasteiger partial charge in [0.15, 0.2) is 0 Å². The zero-order valence-corrected chi connectivity index (χ0v) is 15.0. The van der Waals surface area contributed by atoms with E-state index in [1.165, 1.54) is 6.33 Å². The van der Waals surface area contributed by atoms with E-state index in [-0.39, 0.29) is 11.8 Å². The van der Waals surface area contributed by atoms with Gasteiger partial charge in [-0.15, -0.1) is 0 Å². The molecule has 0 radical (unpaired) electrons. The standard InChI is InChI=1S/C19H23N5O2/c1-14-11-15(4-5-17(14)24-13-20-12-21-24)19(26)22-9-6-16(7-10-22)23-8-2-3-18(23)25/h4-5,11-13,16H,2-3,6-10H2,1H3. The number of aromatic nitrogens is 3. The summed E-state index contributed by atoms with van der Waals surface area (Å²) in [7, 11) is 0. The van der Waals surface area contributed by atoms with E-state index in [2.05, 4.69) is 10.1 Å². The maximum absolute atomic E-state index is 12.9. The van der Waals surface area contributed by atoms with Gasteiger partial charge in [0.05, 0.1) is 5.69 Å². The smallest absolute Gasteiger partial charge is 0.253 e. The minimum atomic E-state index is 0.0597. The van der Waals surface area contributed by atoms with Gasteiger partial charge in [0.1, 0.15) is 12.7 Å². The van der Waals surface area contributed by atoms with Crippen molar-refractivity contribution in [2.24, 2.45) is 0 Å². The van der Waals surface area contributed by atoms with Crippen LogP contribution in [0.2, 0.25) is 0 Å². The van der Waals surface area contributed by atoms with Gasteiger partial charge in [0.2, 0.25) is 5.91 Å². The van der Waals surface area contributed by atoms with Crippen LogP contribution in [0.15, 0.2) is 30.9 Å². The minimum absolute atomic E-state index is 0.0597. The van der Waals surface area contributed by atoms with Crippen LogP contribution in [-0.2, 0) is 4.79 Å². The molecule has 7 nitrogen and oxygen atoms in total. The second kappa shape index (κ2) is 6.90. The highest BCUT2D eigenvalue weighted by Gasteiger charge is 2.32. The molecule has 0 unspecified atom stereocenters. The second-order valence-corrected chi connectivity index (χ2v) is 7.06. The molecule has 2 fully saturated rings. The molecule has 7 heteroatoms. The van der Waals surface area contributed by atoms with E-state index in [0.29, 0.717) is 31.1 Å². The molecule has 2 aliphatic heterocycles. The number of carbonyl (C=O) groups is 2. The third kappa shape index (κ3) is 3.09. The number of nitrogens with zero attached hydrogens (tertiary/aromatic N) is 5. The van der Waals surface area contributed by atoms with Crippen molar-refractivity contribution in [1.29, 1.82) is 0 Å². The predicted octanol–water partition coefficient (Wildman–Crippen LogP) is 1.80. The Morgan fingerprint density at radius 1 is 1.19 bits per heavy atom. The normalized spacial score (nSPS) is 18.6. The fourth-order valence-electron chi connectivity index (χ4n) is 4.00. The minimum Gasteiger partial charge on any atom is -0.340 e. The molecule has 0 N–H and O–H groups in total. The van der Waals surface area contributed by atoms with Crippen molar-refractivity contribution in [1.82, 2.24) is 24.6 Å². The molecule has 4 rings (SSSR count). The highest BCUT2D eigenvalue weighted by atomic mass is 16.2. The molecule has 0 spiro atoms. The lowest BCUT2D eigenvalue weighted by molar-refractivity contribution is -0.130. The highest BCUT2D eigenvalue weighted by Crippen LogP contribution is 2.23. The highest BCUT2D eigenvalue weighted by molar-refractivity contribution is 5.94. The lowest BCUT2D eigenvalue weighted by Crippen LogP contribution is -2.47. The van der Waals surface area contributed by atoms with E-state index >= 15 is 0 Å². The van der Waals surface area contributed by atoms with Crippen molar-refractivity contribution in [2.75, 3.05) is 19.6 Å². The Kier molecular flexibility index (Phi) is 4.44. The van der Waals surface area contributed by atoms with E-state index in [0.717, 1.165) is 37.1 Å². The van der Waals surface area contributed by atoms with Gasteiger partial charge in [-0.25, -0.2) is 9.67 Å². The maximum Gasteiger partial charge on any atom is 0.253 e. The van der Waals surface area contributed by atoms with E-state index < -0.39 is 0 Å². The molecule has 2 saturated heterocycles. The van der Waals surface area contributed by atoms with Crippen molar-refractivity contribution in [3.63, 3.8) is 0 Å². The number of rotatable bonds is 3. The van der Waals surface area contributed by atoms with Gasteiger partial charge in [0.25, 0.3) is 5.91 Å². The van der Waals surface area contributed by atoms with Crippen LogP contribution in [0.3, 0.4) is 0 Å². The molecule has 0 saturated carbocycles. The Hall–Kier alpha value is -2.70. The molecule has 0 bridgehead atoms. The van der Waals surface area contributed by atoms with Crippen LogP contribution >= 0.6 is 0 Å². The predicted molar refractivity (Wildman–Crippen MR) is 96.0 cm³/mol. The second-order valence-electron chi connectivity index (χ2n) is 7.06. The van der Waals surface area contributed by atoms with Gasteiger partial charge in [-0.1, -0.05) is 0 Å². The Bertz CT molecular complexity index is 809. The summed E-state index contributed by atoms with van der Waals surface area (Å²) in [5, 5.41) is 4.14. The van der Waals surface area contributed by atoms with E-state index in [1.807, 2.05) is 34.9 Å². The topological polar surface area (TPSA) is 71.3 Å². The number of hydrogen-bond acceptors (Lipinski definition) is 4. The quantitative estimate of drug-likeness (QED) is 0.844. The lowest BCUT2D eigenvalue weighted by Gasteiger charge is -2.36. The van der Waals surface area contributed by atoms with Crippen LogP contribution in [0.5, 0.6) is 0 Å². The summed E-state index contributed by atoms with van der Waals surface area (Å²) in [6.07, 6.45) is 6.52. The lowest BCUT2D eigenvalue weighted by atomic mass is 10.0. The van der Waals surface area contributed by atoms with E-state index in [4.69, 9.17) is 0 Å². The summed E-state index contributed by atoms with van der Waals surface area (Å²) in [5.74, 6) is 0.332. The zero-order chi connectivity index (χ0) is 18.1. The summed E-state index contributed by atoms with van der Waals surface area (Å²) in [5.41, 5.74) is 2.60. The number of likely N-dealkylation sites (tertiary alicyclic amines) is 2. The largest absolute Gasteiger partial charge is 0.340 e. The number of aryl methyl sites for hydroxylation is 1. The number of carbonyl (C=O) groups excluding carboxylic acids is 2. The van der Waals surface area contributed by atoms with Gasteiger partial charge < -0.3 is 9.80 Å². The molecule has 136 valence electrons. The Morgan fingerprint density at radius 2 is 2.00 bits per heavy atom. The summed E-state index contributed by atoms with van der Waals surface area (Å²) in [6.45, 7) is 4.26. The van der Waals surface area contributed by atoms with Gasteiger partial charge in [0, 0.05) is 37.7 Å². The van der Waals surface area contributed by atoms with Gasteiger partial charge in [-0.2, -0.15) is 5.10 Å². The molecule has 2 amide bonds. The summed E-state index contributed by atoms with van der Waals surface area (Å²) in [6, 6.07) is 5.97. The first-order valence-corrected chi connectivity index (χ1v) is 9.18. The van der Waals surface area contributed by atoms with Crippen molar-refractivity contribution in [3.8, 4) is 5.69 Å². The average Bonchev–Trinajstić information content (AvgIpc) is 3.33. The molecule has 1 aromatic carbocycles. The third-order valence-corrected chi connectivity index (χ3v) is 5.41. The number of benzene rings is 1. The van der Waals surface area contributed by atoms with Crippen LogP contribution in [0.1, 0.15) is 41.6 Å².